The highest BCUT2D eigenvalue weighted by atomic mass is 16.6. The average Bonchev–Trinajstić information content (AvgIpc) is 2.24. The Morgan fingerprint density at radius 1 is 1.32 bits per heavy atom. The van der Waals surface area contributed by atoms with Gasteiger partial charge in [0.05, 0.1) is 7.11 Å². The molecule has 1 heterocycles. The summed E-state index contributed by atoms with van der Waals surface area (Å²) in [5.74, 6) is 0.694. The Balaban J connectivity index is 2.91. The molecule has 19 heavy (non-hydrogen) atoms. The van der Waals surface area contributed by atoms with E-state index in [0.29, 0.717) is 12.4 Å². The highest BCUT2D eigenvalue weighted by Gasteiger charge is 2.37. The molecule has 0 bridgehead atoms. The van der Waals surface area contributed by atoms with Gasteiger partial charge in [0.2, 0.25) is 0 Å². The molecule has 1 atom stereocenters. The lowest BCUT2D eigenvalue weighted by Crippen LogP contribution is -2.58. The van der Waals surface area contributed by atoms with E-state index < -0.39 is 5.60 Å². The van der Waals surface area contributed by atoms with Gasteiger partial charge in [-0.2, -0.15) is 0 Å². The van der Waals surface area contributed by atoms with Gasteiger partial charge in [0, 0.05) is 12.0 Å². The molecule has 1 amide bonds. The van der Waals surface area contributed by atoms with Gasteiger partial charge in [0.25, 0.3) is 0 Å². The monoisotopic (exact) mass is 270 g/mol. The topological polar surface area (TPSA) is 50.8 Å². The van der Waals surface area contributed by atoms with Gasteiger partial charge in [0.1, 0.15) is 11.8 Å². The van der Waals surface area contributed by atoms with Crippen molar-refractivity contribution in [1.29, 1.82) is 0 Å². The maximum atomic E-state index is 12.3. The summed E-state index contributed by atoms with van der Waals surface area (Å²) in [7, 11) is 1.61. The first-order valence-corrected chi connectivity index (χ1v) is 6.55. The summed E-state index contributed by atoms with van der Waals surface area (Å²) in [5, 5.41) is 3.22. The van der Waals surface area contributed by atoms with Gasteiger partial charge in [-0.05, 0) is 26.8 Å². The van der Waals surface area contributed by atoms with E-state index in [1.54, 1.807) is 12.0 Å². The maximum Gasteiger partial charge on any atom is 0.412 e. The van der Waals surface area contributed by atoms with Gasteiger partial charge in [-0.25, -0.2) is 4.79 Å². The third-order valence-corrected chi connectivity index (χ3v) is 2.73. The van der Waals surface area contributed by atoms with Crippen LogP contribution in [0.3, 0.4) is 0 Å². The van der Waals surface area contributed by atoms with E-state index >= 15 is 0 Å². The molecule has 1 aliphatic rings. The second kappa shape index (κ2) is 5.31. The molecule has 5 nitrogen and oxygen atoms in total. The van der Waals surface area contributed by atoms with E-state index in [1.807, 2.05) is 26.8 Å². The van der Waals surface area contributed by atoms with E-state index in [4.69, 9.17) is 9.47 Å². The van der Waals surface area contributed by atoms with Crippen molar-refractivity contribution in [3.05, 3.63) is 12.0 Å². The summed E-state index contributed by atoms with van der Waals surface area (Å²) in [6.07, 6.45) is 1.36. The summed E-state index contributed by atoms with van der Waals surface area (Å²) in [6.45, 7) is 12.3. The van der Waals surface area contributed by atoms with E-state index in [0.717, 1.165) is 0 Å². The molecule has 0 unspecified atom stereocenters. The normalized spacial score (nSPS) is 20.5. The molecule has 1 rings (SSSR count). The van der Waals surface area contributed by atoms with E-state index in [2.05, 4.69) is 26.1 Å². The lowest BCUT2D eigenvalue weighted by molar-refractivity contribution is -0.00696. The van der Waals surface area contributed by atoms with Crippen LogP contribution in [0.25, 0.3) is 0 Å². The molecule has 0 saturated heterocycles. The molecule has 1 N–H and O–H groups in total. The summed E-state index contributed by atoms with van der Waals surface area (Å²) < 4.78 is 10.7. The molecule has 110 valence electrons. The largest absolute Gasteiger partial charge is 0.483 e. The fourth-order valence-corrected chi connectivity index (χ4v) is 1.89. The molecule has 0 aromatic carbocycles. The number of nitrogens with zero attached hydrogens (tertiary/aromatic N) is 1. The van der Waals surface area contributed by atoms with Crippen molar-refractivity contribution >= 4 is 6.09 Å². The highest BCUT2D eigenvalue weighted by Crippen LogP contribution is 2.27. The summed E-state index contributed by atoms with van der Waals surface area (Å²) >= 11 is 0. The zero-order chi connectivity index (χ0) is 14.8. The predicted molar refractivity (Wildman–Crippen MR) is 74.4 cm³/mol. The number of ether oxygens (including phenoxy) is 2. The zero-order valence-corrected chi connectivity index (χ0v) is 13.0. The SMILES string of the molecule is COC1=CCN(C(=O)OC(C)(C)C)[C@@H](C(C)(C)C)N1. The third kappa shape index (κ3) is 4.33. The third-order valence-electron chi connectivity index (χ3n) is 2.73. The van der Waals surface area contributed by atoms with Crippen LogP contribution in [0.2, 0.25) is 0 Å². The molecule has 0 aliphatic carbocycles. The van der Waals surface area contributed by atoms with Gasteiger partial charge < -0.3 is 14.8 Å². The molecule has 0 saturated carbocycles. The van der Waals surface area contributed by atoms with Crippen molar-refractivity contribution in [2.75, 3.05) is 13.7 Å². The van der Waals surface area contributed by atoms with E-state index in [9.17, 15) is 4.79 Å². The van der Waals surface area contributed by atoms with Crippen LogP contribution in [-0.2, 0) is 9.47 Å². The first kappa shape index (κ1) is 15.7. The Kier molecular flexibility index (Phi) is 4.38. The van der Waals surface area contributed by atoms with E-state index in [1.165, 1.54) is 0 Å². The summed E-state index contributed by atoms with van der Waals surface area (Å²) in [5.41, 5.74) is -0.625. The van der Waals surface area contributed by atoms with Gasteiger partial charge >= 0.3 is 6.09 Å². The number of carbonyl (C=O) groups is 1. The molecular weight excluding hydrogens is 244 g/mol. The molecule has 0 radical (unpaired) electrons. The number of hydrogen-bond acceptors (Lipinski definition) is 4. The Hall–Kier alpha value is -1.39. The highest BCUT2D eigenvalue weighted by molar-refractivity contribution is 5.69. The number of hydrogen-bond donors (Lipinski definition) is 1. The molecule has 0 spiro atoms. The van der Waals surface area contributed by atoms with Crippen molar-refractivity contribution < 1.29 is 14.3 Å². The lowest BCUT2D eigenvalue weighted by Gasteiger charge is -2.43. The number of nitrogens with one attached hydrogen (secondary N) is 1. The standard InChI is InChI=1S/C14H26N2O3/c1-13(2,3)11-15-10(18-7)8-9-16(11)12(17)19-14(4,5)6/h8,11,15H,9H2,1-7H3/t11-/m0/s1. The maximum absolute atomic E-state index is 12.3. The first-order chi connectivity index (χ1) is 8.54. The minimum atomic E-state index is -0.495. The van der Waals surface area contributed by atoms with Crippen LogP contribution in [0, 0.1) is 5.41 Å². The first-order valence-electron chi connectivity index (χ1n) is 6.55. The number of rotatable bonds is 1. The van der Waals surface area contributed by atoms with Gasteiger partial charge in [-0.1, -0.05) is 20.8 Å². The smallest absolute Gasteiger partial charge is 0.412 e. The van der Waals surface area contributed by atoms with Crippen molar-refractivity contribution in [1.82, 2.24) is 10.2 Å². The Bertz CT molecular complexity index is 364. The van der Waals surface area contributed by atoms with Crippen LogP contribution < -0.4 is 5.32 Å². The van der Waals surface area contributed by atoms with E-state index in [-0.39, 0.29) is 17.7 Å². The summed E-state index contributed by atoms with van der Waals surface area (Å²) in [4.78, 5) is 13.9. The number of methoxy groups -OCH3 is 1. The second-order valence-electron chi connectivity index (χ2n) is 6.82. The van der Waals surface area contributed by atoms with Crippen molar-refractivity contribution in [2.45, 2.75) is 53.3 Å². The molecule has 0 aromatic rings. The van der Waals surface area contributed by atoms with Gasteiger partial charge in [-0.15, -0.1) is 0 Å². The Morgan fingerprint density at radius 2 is 1.89 bits per heavy atom. The predicted octanol–water partition coefficient (Wildman–Crippen LogP) is 2.69. The minimum absolute atomic E-state index is 0.130. The zero-order valence-electron chi connectivity index (χ0n) is 13.0. The lowest BCUT2D eigenvalue weighted by atomic mass is 9.90. The van der Waals surface area contributed by atoms with Crippen molar-refractivity contribution in [2.24, 2.45) is 5.41 Å². The van der Waals surface area contributed by atoms with Crippen molar-refractivity contribution in [3.63, 3.8) is 0 Å². The van der Waals surface area contributed by atoms with Crippen LogP contribution in [-0.4, -0.2) is 36.4 Å². The Morgan fingerprint density at radius 3 is 2.32 bits per heavy atom. The molecule has 5 heteroatoms. The van der Waals surface area contributed by atoms with Gasteiger partial charge in [-0.3, -0.25) is 4.90 Å². The minimum Gasteiger partial charge on any atom is -0.483 e. The fraction of sp³-hybridized carbons (Fsp3) is 0.786. The summed E-state index contributed by atoms with van der Waals surface area (Å²) in [6, 6.07) is 0. The molecule has 0 aromatic heterocycles. The quantitative estimate of drug-likeness (QED) is 0.796. The van der Waals surface area contributed by atoms with Gasteiger partial charge in [0.15, 0.2) is 5.88 Å². The average molecular weight is 270 g/mol. The van der Waals surface area contributed by atoms with Crippen LogP contribution in [0.5, 0.6) is 0 Å². The second-order valence-corrected chi connectivity index (χ2v) is 6.82. The number of amides is 1. The Labute approximate surface area is 115 Å². The van der Waals surface area contributed by atoms with Crippen molar-refractivity contribution in [3.8, 4) is 0 Å². The van der Waals surface area contributed by atoms with Crippen LogP contribution in [0.4, 0.5) is 4.79 Å². The molecule has 1 aliphatic heterocycles. The van der Waals surface area contributed by atoms with Crippen LogP contribution >= 0.6 is 0 Å². The fourth-order valence-electron chi connectivity index (χ4n) is 1.89. The van der Waals surface area contributed by atoms with Crippen LogP contribution in [0.15, 0.2) is 12.0 Å². The number of carbonyl (C=O) groups excluding carboxylic acids is 1. The molecule has 0 fully saturated rings. The van der Waals surface area contributed by atoms with Crippen LogP contribution in [0.1, 0.15) is 41.5 Å². The molecular formula is C14H26N2O3.